The summed E-state index contributed by atoms with van der Waals surface area (Å²) in [7, 11) is 1.73. The predicted octanol–water partition coefficient (Wildman–Crippen LogP) is 1.33. The van der Waals surface area contributed by atoms with Crippen LogP contribution in [0.15, 0.2) is 36.9 Å². The molecule has 1 atom stereocenters. The van der Waals surface area contributed by atoms with Gasteiger partial charge >= 0.3 is 0 Å². The normalized spacial score (nSPS) is 15.4. The average molecular weight is 355 g/mol. The van der Waals surface area contributed by atoms with Gasteiger partial charge in [0.15, 0.2) is 0 Å². The molecule has 0 unspecified atom stereocenters. The zero-order chi connectivity index (χ0) is 18.7. The number of hydrogen-bond donors (Lipinski definition) is 0. The van der Waals surface area contributed by atoms with Crippen molar-refractivity contribution < 1.29 is 14.4 Å². The van der Waals surface area contributed by atoms with Gasteiger partial charge in [-0.25, -0.2) is 9.67 Å². The van der Waals surface area contributed by atoms with Crippen LogP contribution in [0.2, 0.25) is 0 Å². The van der Waals surface area contributed by atoms with Crippen molar-refractivity contribution >= 4 is 17.7 Å². The highest BCUT2D eigenvalue weighted by Crippen LogP contribution is 2.21. The van der Waals surface area contributed by atoms with Crippen molar-refractivity contribution in [1.29, 1.82) is 0 Å². The van der Waals surface area contributed by atoms with Crippen LogP contribution in [0.25, 0.3) is 5.69 Å². The maximum atomic E-state index is 12.4. The third kappa shape index (κ3) is 3.63. The van der Waals surface area contributed by atoms with Crippen molar-refractivity contribution in [1.82, 2.24) is 24.6 Å². The van der Waals surface area contributed by atoms with E-state index in [1.165, 1.54) is 11.2 Å². The summed E-state index contributed by atoms with van der Waals surface area (Å²) in [6.45, 7) is 2.09. The third-order valence-corrected chi connectivity index (χ3v) is 4.74. The fraction of sp³-hybridized carbons (Fsp3) is 0.389. The Kier molecular flexibility index (Phi) is 5.11. The van der Waals surface area contributed by atoms with Crippen LogP contribution in [0.5, 0.6) is 0 Å². The number of carbonyl (C=O) groups excluding carboxylic acids is 3. The second-order valence-electron chi connectivity index (χ2n) is 6.30. The van der Waals surface area contributed by atoms with Crippen molar-refractivity contribution in [3.8, 4) is 5.69 Å². The summed E-state index contributed by atoms with van der Waals surface area (Å²) in [4.78, 5) is 42.4. The number of benzene rings is 1. The molecular weight excluding hydrogens is 334 g/mol. The molecule has 0 spiro atoms. The van der Waals surface area contributed by atoms with E-state index in [-0.39, 0.29) is 49.6 Å². The fourth-order valence-corrected chi connectivity index (χ4v) is 2.94. The number of amides is 3. The molecule has 26 heavy (non-hydrogen) atoms. The van der Waals surface area contributed by atoms with Gasteiger partial charge in [-0.05, 0) is 24.6 Å². The number of carbonyl (C=O) groups is 3. The highest BCUT2D eigenvalue weighted by Gasteiger charge is 2.29. The summed E-state index contributed by atoms with van der Waals surface area (Å²) < 4.78 is 1.66. The summed E-state index contributed by atoms with van der Waals surface area (Å²) in [5.74, 6) is -0.491. The molecule has 0 N–H and O–H groups in total. The Morgan fingerprint density at radius 3 is 2.42 bits per heavy atom. The highest BCUT2D eigenvalue weighted by atomic mass is 16.2. The van der Waals surface area contributed by atoms with Gasteiger partial charge in [0.1, 0.15) is 12.7 Å². The molecule has 0 radical (unpaired) electrons. The average Bonchev–Trinajstić information content (AvgIpc) is 3.29. The second-order valence-corrected chi connectivity index (χ2v) is 6.30. The van der Waals surface area contributed by atoms with Crippen molar-refractivity contribution in [3.05, 3.63) is 42.5 Å². The lowest BCUT2D eigenvalue weighted by molar-refractivity contribution is -0.139. The Morgan fingerprint density at radius 1 is 1.19 bits per heavy atom. The van der Waals surface area contributed by atoms with Gasteiger partial charge in [-0.15, -0.1) is 0 Å². The van der Waals surface area contributed by atoms with Crippen molar-refractivity contribution in [2.45, 2.75) is 32.2 Å². The van der Waals surface area contributed by atoms with Gasteiger partial charge in [0, 0.05) is 32.9 Å². The van der Waals surface area contributed by atoms with Crippen LogP contribution in [-0.4, -0.2) is 55.9 Å². The van der Waals surface area contributed by atoms with E-state index < -0.39 is 0 Å². The summed E-state index contributed by atoms with van der Waals surface area (Å²) in [6.07, 6.45) is 3.72. The summed E-state index contributed by atoms with van der Waals surface area (Å²) in [6, 6.07) is 7.59. The molecule has 3 rings (SSSR count). The molecule has 2 heterocycles. The SMILES string of the molecule is C[C@H](c1ccc(-n2cncn2)cc1)N(C)C(=O)CCN1C(=O)CCC1=O. The van der Waals surface area contributed by atoms with Crippen LogP contribution in [0.3, 0.4) is 0 Å². The van der Waals surface area contributed by atoms with E-state index in [4.69, 9.17) is 0 Å². The van der Waals surface area contributed by atoms with E-state index in [9.17, 15) is 14.4 Å². The molecule has 1 aromatic heterocycles. The first kappa shape index (κ1) is 17.8. The van der Waals surface area contributed by atoms with E-state index in [0.717, 1.165) is 11.3 Å². The van der Waals surface area contributed by atoms with Crippen LogP contribution in [0.1, 0.15) is 37.8 Å². The number of aromatic nitrogens is 3. The quantitative estimate of drug-likeness (QED) is 0.729. The number of rotatable bonds is 6. The number of likely N-dealkylation sites (tertiary alicyclic amines) is 1. The molecule has 136 valence electrons. The molecule has 1 fully saturated rings. The maximum absolute atomic E-state index is 12.4. The van der Waals surface area contributed by atoms with Crippen LogP contribution < -0.4 is 0 Å². The number of nitrogens with zero attached hydrogens (tertiary/aromatic N) is 5. The molecule has 0 saturated carbocycles. The first-order valence-electron chi connectivity index (χ1n) is 8.51. The van der Waals surface area contributed by atoms with E-state index in [0.29, 0.717) is 0 Å². The summed E-state index contributed by atoms with van der Waals surface area (Å²) in [5, 5.41) is 4.08. The van der Waals surface area contributed by atoms with Crippen LogP contribution in [0.4, 0.5) is 0 Å². The molecule has 1 aliphatic rings. The van der Waals surface area contributed by atoms with E-state index >= 15 is 0 Å². The Balaban J connectivity index is 1.59. The van der Waals surface area contributed by atoms with Gasteiger partial charge in [-0.2, -0.15) is 5.10 Å². The minimum Gasteiger partial charge on any atom is -0.339 e. The lowest BCUT2D eigenvalue weighted by Gasteiger charge is -2.26. The Bertz CT molecular complexity index is 785. The van der Waals surface area contributed by atoms with Gasteiger partial charge in [-0.3, -0.25) is 19.3 Å². The maximum Gasteiger partial charge on any atom is 0.229 e. The Morgan fingerprint density at radius 2 is 1.85 bits per heavy atom. The van der Waals surface area contributed by atoms with Crippen LogP contribution in [-0.2, 0) is 14.4 Å². The molecule has 8 nitrogen and oxygen atoms in total. The molecule has 1 aliphatic heterocycles. The molecule has 1 saturated heterocycles. The first-order valence-corrected chi connectivity index (χ1v) is 8.51. The highest BCUT2D eigenvalue weighted by molar-refractivity contribution is 6.02. The van der Waals surface area contributed by atoms with Gasteiger partial charge < -0.3 is 4.90 Å². The summed E-state index contributed by atoms with van der Waals surface area (Å²) in [5.41, 5.74) is 1.87. The van der Waals surface area contributed by atoms with Crippen molar-refractivity contribution in [2.75, 3.05) is 13.6 Å². The van der Waals surface area contributed by atoms with E-state index in [1.54, 1.807) is 23.0 Å². The van der Waals surface area contributed by atoms with Crippen LogP contribution >= 0.6 is 0 Å². The van der Waals surface area contributed by atoms with Gasteiger partial charge in [-0.1, -0.05) is 12.1 Å². The zero-order valence-electron chi connectivity index (χ0n) is 14.8. The Labute approximate surface area is 151 Å². The fourth-order valence-electron chi connectivity index (χ4n) is 2.94. The first-order chi connectivity index (χ1) is 12.5. The molecule has 0 bridgehead atoms. The predicted molar refractivity (Wildman–Crippen MR) is 93.1 cm³/mol. The van der Waals surface area contributed by atoms with Gasteiger partial charge in [0.05, 0.1) is 11.7 Å². The zero-order valence-corrected chi connectivity index (χ0v) is 14.8. The van der Waals surface area contributed by atoms with E-state index in [1.807, 2.05) is 31.2 Å². The minimum absolute atomic E-state index is 0.106. The Hall–Kier alpha value is -3.03. The minimum atomic E-state index is -0.192. The lowest BCUT2D eigenvalue weighted by Crippen LogP contribution is -2.35. The molecule has 8 heteroatoms. The molecule has 1 aromatic carbocycles. The second kappa shape index (κ2) is 7.47. The number of hydrogen-bond acceptors (Lipinski definition) is 5. The molecular formula is C18H21N5O3. The van der Waals surface area contributed by atoms with E-state index in [2.05, 4.69) is 10.1 Å². The molecule has 3 amide bonds. The van der Waals surface area contributed by atoms with Crippen LogP contribution in [0, 0.1) is 0 Å². The lowest BCUT2D eigenvalue weighted by atomic mass is 10.1. The standard InChI is InChI=1S/C18H21N5O3/c1-13(14-3-5-15(6-4-14)23-12-19-11-20-23)21(2)16(24)9-10-22-17(25)7-8-18(22)26/h3-6,11-13H,7-10H2,1-2H3/t13-/m1/s1. The smallest absolute Gasteiger partial charge is 0.229 e. The topological polar surface area (TPSA) is 88.4 Å². The van der Waals surface area contributed by atoms with Gasteiger partial charge in [0.2, 0.25) is 17.7 Å². The third-order valence-electron chi connectivity index (χ3n) is 4.74. The van der Waals surface area contributed by atoms with Crippen molar-refractivity contribution in [2.24, 2.45) is 0 Å². The molecule has 0 aliphatic carbocycles. The molecule has 2 aromatic rings. The number of imide groups is 1. The van der Waals surface area contributed by atoms with Gasteiger partial charge in [0.25, 0.3) is 0 Å². The van der Waals surface area contributed by atoms with Crippen molar-refractivity contribution in [3.63, 3.8) is 0 Å². The summed E-state index contributed by atoms with van der Waals surface area (Å²) >= 11 is 0. The largest absolute Gasteiger partial charge is 0.339 e. The monoisotopic (exact) mass is 355 g/mol.